The highest BCUT2D eigenvalue weighted by Gasteiger charge is 2.27. The Morgan fingerprint density at radius 1 is 1.53 bits per heavy atom. The van der Waals surface area contributed by atoms with Crippen molar-refractivity contribution in [2.45, 2.75) is 12.8 Å². The molecule has 0 unspecified atom stereocenters. The van der Waals surface area contributed by atoms with Crippen LogP contribution in [-0.4, -0.2) is 33.9 Å². The summed E-state index contributed by atoms with van der Waals surface area (Å²) in [4.78, 5) is 16.2. The molecule has 8 nitrogen and oxygen atoms in total. The Hall–Kier alpha value is -2.69. The van der Waals surface area contributed by atoms with E-state index in [1.807, 2.05) is 0 Å². The van der Waals surface area contributed by atoms with Crippen LogP contribution in [0.5, 0.6) is 0 Å². The lowest BCUT2D eigenvalue weighted by molar-refractivity contribution is -0.384. The molecule has 0 atom stereocenters. The number of nitro groups is 1. The first kappa shape index (κ1) is 12.8. The van der Waals surface area contributed by atoms with E-state index in [4.69, 9.17) is 10.5 Å². The Morgan fingerprint density at radius 3 is 2.74 bits per heavy atom. The molecular formula is C11H11N5O3. The molecule has 0 saturated carbocycles. The van der Waals surface area contributed by atoms with Gasteiger partial charge in [0.1, 0.15) is 11.6 Å². The zero-order valence-electron chi connectivity index (χ0n) is 9.98. The second-order valence-electron chi connectivity index (χ2n) is 4.05. The van der Waals surface area contributed by atoms with Crippen molar-refractivity contribution < 1.29 is 10.1 Å². The summed E-state index contributed by atoms with van der Waals surface area (Å²) < 4.78 is 0. The molecule has 1 aromatic heterocycles. The second kappa shape index (κ2) is 5.30. The number of rotatable bonds is 2. The lowest BCUT2D eigenvalue weighted by atomic mass is 10.1. The zero-order valence-corrected chi connectivity index (χ0v) is 9.98. The third-order valence-electron chi connectivity index (χ3n) is 2.99. The average molecular weight is 261 g/mol. The van der Waals surface area contributed by atoms with E-state index < -0.39 is 4.92 Å². The van der Waals surface area contributed by atoms with E-state index >= 15 is 0 Å². The summed E-state index contributed by atoms with van der Waals surface area (Å²) in [6.45, 7) is 0.949. The SMILES string of the molecule is N#Cc1ccnc(N2CCC(=NO)CC2)c1[N+](=O)[O-]. The summed E-state index contributed by atoms with van der Waals surface area (Å²) >= 11 is 0. The normalized spacial score (nSPS) is 14.9. The maximum absolute atomic E-state index is 11.1. The van der Waals surface area contributed by atoms with Crippen LogP contribution >= 0.6 is 0 Å². The van der Waals surface area contributed by atoms with Gasteiger partial charge >= 0.3 is 5.69 Å². The molecule has 0 aliphatic carbocycles. The summed E-state index contributed by atoms with van der Waals surface area (Å²) in [5.41, 5.74) is 0.390. The molecule has 19 heavy (non-hydrogen) atoms. The summed E-state index contributed by atoms with van der Waals surface area (Å²) in [5.74, 6) is 0.195. The lowest BCUT2D eigenvalue weighted by Gasteiger charge is -2.27. The van der Waals surface area contributed by atoms with Gasteiger partial charge in [0.25, 0.3) is 0 Å². The zero-order chi connectivity index (χ0) is 13.8. The predicted molar refractivity (Wildman–Crippen MR) is 66.3 cm³/mol. The van der Waals surface area contributed by atoms with E-state index in [-0.39, 0.29) is 17.1 Å². The molecule has 98 valence electrons. The molecule has 1 aromatic rings. The topological polar surface area (TPSA) is 116 Å². The molecule has 0 radical (unpaired) electrons. The third-order valence-corrected chi connectivity index (χ3v) is 2.99. The Kier molecular flexibility index (Phi) is 3.56. The van der Waals surface area contributed by atoms with Gasteiger partial charge in [0.2, 0.25) is 5.82 Å². The summed E-state index contributed by atoms with van der Waals surface area (Å²) in [5, 5.41) is 31.8. The van der Waals surface area contributed by atoms with Crippen LogP contribution in [0.1, 0.15) is 18.4 Å². The highest BCUT2D eigenvalue weighted by Crippen LogP contribution is 2.30. The highest BCUT2D eigenvalue weighted by atomic mass is 16.6. The average Bonchev–Trinajstić information content (AvgIpc) is 2.46. The number of hydrogen-bond donors (Lipinski definition) is 1. The maximum atomic E-state index is 11.1. The first-order valence-corrected chi connectivity index (χ1v) is 5.65. The second-order valence-corrected chi connectivity index (χ2v) is 4.05. The highest BCUT2D eigenvalue weighted by molar-refractivity contribution is 5.86. The first-order valence-electron chi connectivity index (χ1n) is 5.65. The van der Waals surface area contributed by atoms with Crippen molar-refractivity contribution in [2.75, 3.05) is 18.0 Å². The minimum absolute atomic E-state index is 0.00313. The number of anilines is 1. The lowest BCUT2D eigenvalue weighted by Crippen LogP contribution is -2.35. The molecule has 1 saturated heterocycles. The van der Waals surface area contributed by atoms with Crippen molar-refractivity contribution in [2.24, 2.45) is 5.16 Å². The van der Waals surface area contributed by atoms with Crippen molar-refractivity contribution in [1.82, 2.24) is 4.98 Å². The van der Waals surface area contributed by atoms with Crippen LogP contribution < -0.4 is 4.90 Å². The minimum Gasteiger partial charge on any atom is -0.411 e. The summed E-state index contributed by atoms with van der Waals surface area (Å²) in [6.07, 6.45) is 2.43. The number of pyridine rings is 1. The van der Waals surface area contributed by atoms with E-state index in [0.717, 1.165) is 0 Å². The molecule has 8 heteroatoms. The Bertz CT molecular complexity index is 568. The smallest absolute Gasteiger partial charge is 0.329 e. The van der Waals surface area contributed by atoms with Crippen molar-refractivity contribution in [3.8, 4) is 6.07 Å². The summed E-state index contributed by atoms with van der Waals surface area (Å²) in [6, 6.07) is 3.13. The third kappa shape index (κ3) is 2.44. The quantitative estimate of drug-likeness (QED) is 0.487. The van der Waals surface area contributed by atoms with E-state index in [2.05, 4.69) is 10.1 Å². The summed E-state index contributed by atoms with van der Waals surface area (Å²) in [7, 11) is 0. The molecule has 0 bridgehead atoms. The Morgan fingerprint density at radius 2 is 2.21 bits per heavy atom. The van der Waals surface area contributed by atoms with Crippen LogP contribution in [0.15, 0.2) is 17.4 Å². The molecule has 1 aliphatic heterocycles. The van der Waals surface area contributed by atoms with Gasteiger partial charge in [0.15, 0.2) is 0 Å². The number of nitrogens with zero attached hydrogens (tertiary/aromatic N) is 5. The fraction of sp³-hybridized carbons (Fsp3) is 0.364. The molecule has 2 heterocycles. The van der Waals surface area contributed by atoms with E-state index in [1.54, 1.807) is 11.0 Å². The van der Waals surface area contributed by atoms with Crippen molar-refractivity contribution in [1.29, 1.82) is 5.26 Å². The number of hydrogen-bond acceptors (Lipinski definition) is 7. The van der Waals surface area contributed by atoms with Crippen LogP contribution in [0.4, 0.5) is 11.5 Å². The van der Waals surface area contributed by atoms with Gasteiger partial charge in [-0.2, -0.15) is 5.26 Å². The van der Waals surface area contributed by atoms with Gasteiger partial charge in [-0.25, -0.2) is 4.98 Å². The van der Waals surface area contributed by atoms with Crippen LogP contribution in [0, 0.1) is 21.4 Å². The van der Waals surface area contributed by atoms with Gasteiger partial charge in [-0.15, -0.1) is 0 Å². The minimum atomic E-state index is -0.587. The van der Waals surface area contributed by atoms with Crippen LogP contribution in [0.25, 0.3) is 0 Å². The predicted octanol–water partition coefficient (Wildman–Crippen LogP) is 1.29. The molecule has 0 amide bonds. The molecule has 2 rings (SSSR count). The van der Waals surface area contributed by atoms with Gasteiger partial charge in [-0.1, -0.05) is 5.16 Å². The van der Waals surface area contributed by atoms with E-state index in [9.17, 15) is 10.1 Å². The van der Waals surface area contributed by atoms with Crippen LogP contribution in [0.3, 0.4) is 0 Å². The van der Waals surface area contributed by atoms with Gasteiger partial charge in [-0.3, -0.25) is 10.1 Å². The van der Waals surface area contributed by atoms with Gasteiger partial charge in [0, 0.05) is 32.1 Å². The van der Waals surface area contributed by atoms with E-state index in [0.29, 0.717) is 31.6 Å². The van der Waals surface area contributed by atoms with E-state index in [1.165, 1.54) is 12.3 Å². The first-order chi connectivity index (χ1) is 9.17. The van der Waals surface area contributed by atoms with Crippen LogP contribution in [-0.2, 0) is 0 Å². The van der Waals surface area contributed by atoms with Crippen molar-refractivity contribution >= 4 is 17.2 Å². The Labute approximate surface area is 108 Å². The standard InChI is InChI=1S/C11H11N5O3/c12-7-8-1-4-13-11(10(8)16(18)19)15-5-2-9(14-17)3-6-15/h1,4,17H,2-3,5-6H2. The number of oxime groups is 1. The molecule has 1 fully saturated rings. The van der Waals surface area contributed by atoms with Crippen molar-refractivity contribution in [3.05, 3.63) is 27.9 Å². The van der Waals surface area contributed by atoms with Crippen molar-refractivity contribution in [3.63, 3.8) is 0 Å². The fourth-order valence-corrected chi connectivity index (χ4v) is 2.02. The number of aromatic nitrogens is 1. The van der Waals surface area contributed by atoms with Gasteiger partial charge in [-0.05, 0) is 6.07 Å². The van der Waals surface area contributed by atoms with Gasteiger partial charge < -0.3 is 10.1 Å². The van der Waals surface area contributed by atoms with Gasteiger partial charge in [0.05, 0.1) is 10.6 Å². The number of piperidine rings is 1. The molecule has 0 spiro atoms. The maximum Gasteiger partial charge on any atom is 0.329 e. The number of nitriles is 1. The Balaban J connectivity index is 2.36. The molecular weight excluding hydrogens is 250 g/mol. The largest absolute Gasteiger partial charge is 0.411 e. The molecule has 0 aromatic carbocycles. The van der Waals surface area contributed by atoms with Crippen LogP contribution in [0.2, 0.25) is 0 Å². The monoisotopic (exact) mass is 261 g/mol. The molecule has 1 aliphatic rings. The molecule has 1 N–H and O–H groups in total. The fourth-order valence-electron chi connectivity index (χ4n) is 2.02.